The largest absolute Gasteiger partial charge is 0.369 e. The number of halogens is 1. The number of hydrogen-bond acceptors (Lipinski definition) is 4. The Labute approximate surface area is 119 Å². The molecule has 5 heteroatoms. The highest BCUT2D eigenvalue weighted by molar-refractivity contribution is 8.16. The topological polar surface area (TPSA) is 35.8 Å². The number of aliphatic hydroxyl groups is 1. The molecule has 0 saturated heterocycles. The van der Waals surface area contributed by atoms with E-state index in [1.54, 1.807) is 11.8 Å². The van der Waals surface area contributed by atoms with Crippen molar-refractivity contribution in [2.75, 3.05) is 0 Å². The summed E-state index contributed by atoms with van der Waals surface area (Å²) in [6, 6.07) is 0. The Hall–Kier alpha value is -0.190. The maximum atomic E-state index is 10.4. The summed E-state index contributed by atoms with van der Waals surface area (Å²) in [6.45, 7) is 4.01. The van der Waals surface area contributed by atoms with Crippen LogP contribution in [0.15, 0.2) is 16.1 Å². The zero-order valence-corrected chi connectivity index (χ0v) is 12.6. The number of nitrogens with zero attached hydrogens (tertiary/aromatic N) is 2. The van der Waals surface area contributed by atoms with Gasteiger partial charge in [-0.15, -0.1) is 12.4 Å². The fraction of sp³-hybridized carbons (Fsp3) is 0.769. The highest BCUT2D eigenvalue weighted by atomic mass is 35.5. The Bertz CT molecular complexity index is 400. The van der Waals surface area contributed by atoms with Crippen LogP contribution in [0.1, 0.15) is 52.4 Å². The minimum absolute atomic E-state index is 0. The number of fused-ring (bicyclic) bond motifs is 2. The quantitative estimate of drug-likeness (QED) is 0.741. The van der Waals surface area contributed by atoms with E-state index in [1.165, 1.54) is 37.8 Å². The molecule has 2 aliphatic heterocycles. The van der Waals surface area contributed by atoms with Gasteiger partial charge in [-0.25, -0.2) is 4.99 Å². The third-order valence-electron chi connectivity index (χ3n) is 4.14. The van der Waals surface area contributed by atoms with Gasteiger partial charge in [0, 0.05) is 12.1 Å². The maximum absolute atomic E-state index is 10.4. The van der Waals surface area contributed by atoms with Gasteiger partial charge in [-0.3, -0.25) is 0 Å². The first-order valence-corrected chi connectivity index (χ1v) is 7.36. The van der Waals surface area contributed by atoms with Gasteiger partial charge in [-0.2, -0.15) is 0 Å². The van der Waals surface area contributed by atoms with E-state index in [0.717, 1.165) is 11.6 Å². The molecule has 1 atom stereocenters. The van der Waals surface area contributed by atoms with Crippen LogP contribution in [0, 0.1) is 0 Å². The fourth-order valence-corrected chi connectivity index (χ4v) is 4.68. The van der Waals surface area contributed by atoms with E-state index in [2.05, 4.69) is 22.2 Å². The van der Waals surface area contributed by atoms with Gasteiger partial charge in [-0.05, 0) is 32.1 Å². The van der Waals surface area contributed by atoms with Crippen LogP contribution in [0.2, 0.25) is 0 Å². The molecular formula is C13H21ClN2OS. The van der Waals surface area contributed by atoms with Crippen LogP contribution in [0.4, 0.5) is 0 Å². The molecule has 0 aromatic heterocycles. The molecule has 1 saturated carbocycles. The minimum Gasteiger partial charge on any atom is -0.369 e. The molecule has 0 aromatic carbocycles. The molecule has 0 aromatic rings. The van der Waals surface area contributed by atoms with Gasteiger partial charge >= 0.3 is 0 Å². The molecule has 0 bridgehead atoms. The molecule has 2 heterocycles. The Kier molecular flexibility index (Phi) is 3.74. The first kappa shape index (κ1) is 14.2. The molecule has 1 unspecified atom stereocenters. The van der Waals surface area contributed by atoms with Crippen molar-refractivity contribution >= 4 is 29.3 Å². The Balaban J connectivity index is 0.00000120. The van der Waals surface area contributed by atoms with Crippen LogP contribution < -0.4 is 0 Å². The van der Waals surface area contributed by atoms with Crippen LogP contribution in [0.25, 0.3) is 0 Å². The van der Waals surface area contributed by atoms with E-state index >= 15 is 0 Å². The third-order valence-corrected chi connectivity index (χ3v) is 5.08. The van der Waals surface area contributed by atoms with E-state index in [1.807, 2.05) is 6.92 Å². The lowest BCUT2D eigenvalue weighted by Gasteiger charge is -2.51. The predicted octanol–water partition coefficient (Wildman–Crippen LogP) is 3.49. The first-order valence-electron chi connectivity index (χ1n) is 6.48. The van der Waals surface area contributed by atoms with Gasteiger partial charge in [0.1, 0.15) is 0 Å². The molecule has 0 radical (unpaired) electrons. The normalized spacial score (nSPS) is 33.6. The number of allylic oxidation sites excluding steroid dienone is 1. The lowest BCUT2D eigenvalue weighted by Crippen LogP contribution is -2.57. The van der Waals surface area contributed by atoms with Crippen LogP contribution >= 0.6 is 24.2 Å². The van der Waals surface area contributed by atoms with Gasteiger partial charge in [0.15, 0.2) is 10.9 Å². The van der Waals surface area contributed by atoms with Crippen molar-refractivity contribution in [1.82, 2.24) is 4.90 Å². The first-order chi connectivity index (χ1) is 8.03. The number of hydrogen-bond donors (Lipinski definition) is 1. The second-order valence-electron chi connectivity index (χ2n) is 5.79. The lowest BCUT2D eigenvalue weighted by atomic mass is 9.74. The molecule has 1 N–H and O–H groups in total. The smallest absolute Gasteiger partial charge is 0.171 e. The summed E-state index contributed by atoms with van der Waals surface area (Å²) in [5.41, 5.74) is 0.545. The summed E-state index contributed by atoms with van der Waals surface area (Å²) in [7, 11) is 0. The predicted molar refractivity (Wildman–Crippen MR) is 78.9 cm³/mol. The van der Waals surface area contributed by atoms with Gasteiger partial charge < -0.3 is 10.0 Å². The lowest BCUT2D eigenvalue weighted by molar-refractivity contribution is -0.0187. The number of aliphatic imine (C=N–C) groups is 1. The summed E-state index contributed by atoms with van der Waals surface area (Å²) in [6.07, 6.45) is 7.03. The zero-order chi connectivity index (χ0) is 12.1. The second-order valence-corrected chi connectivity index (χ2v) is 6.62. The van der Waals surface area contributed by atoms with E-state index in [-0.39, 0.29) is 17.9 Å². The third kappa shape index (κ3) is 2.19. The molecule has 3 aliphatic rings. The highest BCUT2D eigenvalue weighted by Crippen LogP contribution is 2.48. The molecule has 3 nitrogen and oxygen atoms in total. The van der Waals surface area contributed by atoms with E-state index in [0.29, 0.717) is 0 Å². The molecule has 1 spiro atoms. The van der Waals surface area contributed by atoms with Gasteiger partial charge in [0.05, 0.1) is 5.54 Å². The molecule has 1 fully saturated rings. The molecule has 1 aliphatic carbocycles. The summed E-state index contributed by atoms with van der Waals surface area (Å²) < 4.78 is 0. The average Bonchev–Trinajstić information content (AvgIpc) is 2.59. The van der Waals surface area contributed by atoms with Crippen LogP contribution in [-0.2, 0) is 0 Å². The van der Waals surface area contributed by atoms with E-state index < -0.39 is 5.72 Å². The number of amidine groups is 1. The van der Waals surface area contributed by atoms with Crippen molar-refractivity contribution in [2.45, 2.75) is 63.6 Å². The molecular weight excluding hydrogens is 268 g/mol. The Morgan fingerprint density at radius 2 is 2.00 bits per heavy atom. The monoisotopic (exact) mass is 288 g/mol. The van der Waals surface area contributed by atoms with Gasteiger partial charge in [0.25, 0.3) is 0 Å². The summed E-state index contributed by atoms with van der Waals surface area (Å²) in [4.78, 5) is 6.88. The Morgan fingerprint density at radius 1 is 1.33 bits per heavy atom. The molecule has 102 valence electrons. The van der Waals surface area contributed by atoms with Crippen LogP contribution in [0.3, 0.4) is 0 Å². The fourth-order valence-electron chi connectivity index (χ4n) is 3.61. The van der Waals surface area contributed by atoms with Gasteiger partial charge in [-0.1, -0.05) is 31.0 Å². The molecule has 0 amide bonds. The SMILES string of the molecule is CC1=CSC2=NC(C)(O)CC3(CCCCC3)N12.Cl. The summed E-state index contributed by atoms with van der Waals surface area (Å²) in [5, 5.41) is 13.5. The van der Waals surface area contributed by atoms with Crippen molar-refractivity contribution in [3.8, 4) is 0 Å². The summed E-state index contributed by atoms with van der Waals surface area (Å²) in [5.74, 6) is 0. The van der Waals surface area contributed by atoms with Crippen molar-refractivity contribution in [3.05, 3.63) is 11.1 Å². The zero-order valence-electron chi connectivity index (χ0n) is 11.0. The average molecular weight is 289 g/mol. The molecule has 3 rings (SSSR count). The van der Waals surface area contributed by atoms with Crippen molar-refractivity contribution < 1.29 is 5.11 Å². The Morgan fingerprint density at radius 3 is 2.67 bits per heavy atom. The maximum Gasteiger partial charge on any atom is 0.171 e. The van der Waals surface area contributed by atoms with Crippen LogP contribution in [0.5, 0.6) is 0 Å². The second kappa shape index (κ2) is 4.73. The summed E-state index contributed by atoms with van der Waals surface area (Å²) >= 11 is 1.66. The van der Waals surface area contributed by atoms with E-state index in [9.17, 15) is 5.11 Å². The number of rotatable bonds is 0. The van der Waals surface area contributed by atoms with Crippen molar-refractivity contribution in [3.63, 3.8) is 0 Å². The van der Waals surface area contributed by atoms with Gasteiger partial charge in [0.2, 0.25) is 0 Å². The van der Waals surface area contributed by atoms with Crippen molar-refractivity contribution in [1.29, 1.82) is 0 Å². The van der Waals surface area contributed by atoms with E-state index in [4.69, 9.17) is 0 Å². The standard InChI is InChI=1S/C13H20N2OS.ClH/c1-10-8-17-11-14-12(2,16)9-13(15(10)11)6-4-3-5-7-13;/h8,16H,3-7,9H2,1-2H3;1H. The van der Waals surface area contributed by atoms with Crippen LogP contribution in [-0.4, -0.2) is 26.4 Å². The molecule has 18 heavy (non-hydrogen) atoms. The minimum atomic E-state index is -0.880. The highest BCUT2D eigenvalue weighted by Gasteiger charge is 2.50. The number of thioether (sulfide) groups is 1. The van der Waals surface area contributed by atoms with Crippen molar-refractivity contribution in [2.24, 2.45) is 4.99 Å².